The van der Waals surface area contributed by atoms with Crippen molar-refractivity contribution in [2.45, 2.75) is 28.9 Å². The van der Waals surface area contributed by atoms with E-state index in [1.165, 1.54) is 11.1 Å². The SMILES string of the molecule is Cc1ccc(S(=O)(=O)/N=[Se]2/CCc3ccccc3C2)cc1. The molecule has 0 aromatic heterocycles. The molecule has 1 aliphatic rings. The quantitative estimate of drug-likeness (QED) is 0.766. The van der Waals surface area contributed by atoms with Crippen molar-refractivity contribution >= 4 is 23.7 Å². The van der Waals surface area contributed by atoms with Crippen LogP contribution in [0.4, 0.5) is 0 Å². The minimum absolute atomic E-state index is 0.315. The molecule has 0 saturated carbocycles. The Morgan fingerprint density at radius 3 is 2.38 bits per heavy atom. The van der Waals surface area contributed by atoms with Gasteiger partial charge in [0.05, 0.1) is 0 Å². The van der Waals surface area contributed by atoms with Crippen LogP contribution in [0.25, 0.3) is 0 Å². The first kappa shape index (κ1) is 14.6. The summed E-state index contributed by atoms with van der Waals surface area (Å²) in [5.74, 6) is 0. The fourth-order valence-corrected chi connectivity index (χ4v) is 9.04. The molecule has 0 bridgehead atoms. The summed E-state index contributed by atoms with van der Waals surface area (Å²) < 4.78 is 29.0. The molecule has 3 rings (SSSR count). The van der Waals surface area contributed by atoms with Gasteiger partial charge in [0.2, 0.25) is 0 Å². The van der Waals surface area contributed by atoms with Gasteiger partial charge in [-0.2, -0.15) is 0 Å². The number of benzene rings is 2. The molecule has 3 nitrogen and oxygen atoms in total. The Labute approximate surface area is 129 Å². The van der Waals surface area contributed by atoms with Gasteiger partial charge in [-0.05, 0) is 0 Å². The summed E-state index contributed by atoms with van der Waals surface area (Å²) in [6.07, 6.45) is 0.952. The van der Waals surface area contributed by atoms with Crippen LogP contribution in [0, 0.1) is 6.92 Å². The van der Waals surface area contributed by atoms with E-state index in [4.69, 9.17) is 0 Å². The summed E-state index contributed by atoms with van der Waals surface area (Å²) in [5, 5.41) is 1.75. The van der Waals surface area contributed by atoms with Crippen LogP contribution in [0.5, 0.6) is 0 Å². The van der Waals surface area contributed by atoms with Crippen LogP contribution in [-0.2, 0) is 21.8 Å². The molecule has 21 heavy (non-hydrogen) atoms. The molecule has 110 valence electrons. The van der Waals surface area contributed by atoms with Crippen LogP contribution in [0.1, 0.15) is 16.7 Å². The third-order valence-corrected chi connectivity index (χ3v) is 10.2. The fourth-order valence-electron chi connectivity index (χ4n) is 2.38. The van der Waals surface area contributed by atoms with Crippen LogP contribution >= 0.6 is 0 Å². The van der Waals surface area contributed by atoms with Gasteiger partial charge in [0.15, 0.2) is 0 Å². The number of aryl methyl sites for hydroxylation is 2. The second kappa shape index (κ2) is 5.84. The van der Waals surface area contributed by atoms with Crippen molar-refractivity contribution in [3.8, 4) is 0 Å². The van der Waals surface area contributed by atoms with E-state index in [2.05, 4.69) is 15.5 Å². The first-order chi connectivity index (χ1) is 10.0. The predicted octanol–water partition coefficient (Wildman–Crippen LogP) is 3.28. The van der Waals surface area contributed by atoms with Gasteiger partial charge in [0, 0.05) is 0 Å². The second-order valence-electron chi connectivity index (χ2n) is 5.19. The number of sulfonamides is 1. The summed E-state index contributed by atoms with van der Waals surface area (Å²) in [6.45, 7) is 1.94. The van der Waals surface area contributed by atoms with E-state index < -0.39 is 23.7 Å². The number of fused-ring (bicyclic) bond motifs is 1. The van der Waals surface area contributed by atoms with E-state index in [1.54, 1.807) is 12.1 Å². The molecule has 0 radical (unpaired) electrons. The zero-order chi connectivity index (χ0) is 14.9. The Bertz CT molecular complexity index is 795. The molecular weight excluding hydrogens is 349 g/mol. The summed E-state index contributed by atoms with van der Waals surface area (Å²) in [4.78, 5) is 0.315. The van der Waals surface area contributed by atoms with Crippen LogP contribution < -0.4 is 0 Å². The van der Waals surface area contributed by atoms with Crippen LogP contribution in [-0.4, -0.2) is 22.1 Å². The molecule has 0 saturated heterocycles. The van der Waals surface area contributed by atoms with Crippen molar-refractivity contribution in [1.82, 2.24) is 0 Å². The third-order valence-electron chi connectivity index (χ3n) is 3.57. The average Bonchev–Trinajstić information content (AvgIpc) is 2.47. The summed E-state index contributed by atoms with van der Waals surface area (Å²) in [6, 6.07) is 15.2. The molecular formula is C16H17NO2SSe. The predicted molar refractivity (Wildman–Crippen MR) is 85.2 cm³/mol. The molecule has 5 heteroatoms. The van der Waals surface area contributed by atoms with E-state index in [0.717, 1.165) is 22.6 Å². The van der Waals surface area contributed by atoms with Gasteiger partial charge in [-0.3, -0.25) is 0 Å². The molecule has 1 atom stereocenters. The topological polar surface area (TPSA) is 46.5 Å². The number of hydrogen-bond donors (Lipinski definition) is 0. The van der Waals surface area contributed by atoms with Crippen LogP contribution in [0.15, 0.2) is 56.8 Å². The van der Waals surface area contributed by atoms with Crippen molar-refractivity contribution in [1.29, 1.82) is 0 Å². The van der Waals surface area contributed by atoms with Gasteiger partial charge in [-0.25, -0.2) is 0 Å². The molecule has 1 aliphatic heterocycles. The van der Waals surface area contributed by atoms with Crippen LogP contribution in [0.2, 0.25) is 5.32 Å². The summed E-state index contributed by atoms with van der Waals surface area (Å²) in [5.41, 5.74) is 3.67. The number of nitrogens with zero attached hydrogens (tertiary/aromatic N) is 1. The Balaban J connectivity index is 1.90. The zero-order valence-corrected chi connectivity index (χ0v) is 14.3. The third kappa shape index (κ3) is 3.31. The van der Waals surface area contributed by atoms with E-state index in [-0.39, 0.29) is 0 Å². The van der Waals surface area contributed by atoms with Crippen molar-refractivity contribution in [2.75, 3.05) is 0 Å². The molecule has 2 aromatic rings. The van der Waals surface area contributed by atoms with Crippen molar-refractivity contribution in [2.24, 2.45) is 3.37 Å². The van der Waals surface area contributed by atoms with Gasteiger partial charge < -0.3 is 0 Å². The molecule has 2 aromatic carbocycles. The van der Waals surface area contributed by atoms with Gasteiger partial charge in [-0.1, -0.05) is 0 Å². The number of rotatable bonds is 2. The van der Waals surface area contributed by atoms with Gasteiger partial charge in [0.1, 0.15) is 0 Å². The maximum absolute atomic E-state index is 12.4. The first-order valence-electron chi connectivity index (χ1n) is 6.84. The molecule has 0 spiro atoms. The van der Waals surface area contributed by atoms with Gasteiger partial charge in [-0.15, -0.1) is 0 Å². The van der Waals surface area contributed by atoms with Crippen molar-refractivity contribution in [3.05, 3.63) is 65.2 Å². The molecule has 0 N–H and O–H groups in total. The average molecular weight is 366 g/mol. The Morgan fingerprint density at radius 1 is 1.00 bits per heavy atom. The normalized spacial score (nSPS) is 18.4. The van der Waals surface area contributed by atoms with Gasteiger partial charge in [0.25, 0.3) is 0 Å². The van der Waals surface area contributed by atoms with E-state index in [1.807, 2.05) is 31.2 Å². The van der Waals surface area contributed by atoms with E-state index in [9.17, 15) is 8.42 Å². The molecule has 0 aliphatic carbocycles. The Morgan fingerprint density at radius 2 is 1.67 bits per heavy atom. The molecule has 0 amide bonds. The second-order valence-corrected chi connectivity index (χ2v) is 11.1. The molecule has 1 heterocycles. The monoisotopic (exact) mass is 367 g/mol. The van der Waals surface area contributed by atoms with Crippen LogP contribution in [0.3, 0.4) is 0 Å². The summed E-state index contributed by atoms with van der Waals surface area (Å²) >= 11 is -1.48. The standard InChI is InChI=1S/C16H17NO2SSe/c1-13-6-8-16(9-7-13)20(18,19)17-21-11-10-14-4-2-3-5-15(14)12-21/h2-9H,10-12H2,1H3. The minimum atomic E-state index is -3.50. The molecule has 1 unspecified atom stereocenters. The number of hydrogen-bond acceptors (Lipinski definition) is 2. The Kier molecular flexibility index (Phi) is 4.07. The summed E-state index contributed by atoms with van der Waals surface area (Å²) in [7, 11) is -3.50. The maximum atomic E-state index is 12.4. The van der Waals surface area contributed by atoms with E-state index in [0.29, 0.717) is 4.90 Å². The van der Waals surface area contributed by atoms with Crippen molar-refractivity contribution < 1.29 is 8.42 Å². The zero-order valence-electron chi connectivity index (χ0n) is 11.8. The van der Waals surface area contributed by atoms with Gasteiger partial charge >= 0.3 is 130 Å². The van der Waals surface area contributed by atoms with Crippen molar-refractivity contribution in [3.63, 3.8) is 0 Å². The Hall–Kier alpha value is -1.29. The van der Waals surface area contributed by atoms with E-state index >= 15 is 0 Å². The first-order valence-corrected chi connectivity index (χ1v) is 11.5. The fraction of sp³-hybridized carbons (Fsp3) is 0.250. The molecule has 0 fully saturated rings.